The van der Waals surface area contributed by atoms with Crippen LogP contribution in [0.4, 0.5) is 0 Å². The molecule has 0 saturated heterocycles. The zero-order chi connectivity index (χ0) is 13.1. The van der Waals surface area contributed by atoms with E-state index in [-0.39, 0.29) is 11.4 Å². The van der Waals surface area contributed by atoms with Crippen molar-refractivity contribution < 1.29 is 14.6 Å². The largest absolute Gasteiger partial charge is 0.477 e. The van der Waals surface area contributed by atoms with Crippen molar-refractivity contribution >= 4 is 17.6 Å². The van der Waals surface area contributed by atoms with Crippen molar-refractivity contribution in [2.45, 2.75) is 6.92 Å². The molecule has 2 aromatic rings. The predicted octanol–water partition coefficient (Wildman–Crippen LogP) is 3.53. The predicted molar refractivity (Wildman–Crippen MR) is 67.5 cm³/mol. The summed E-state index contributed by atoms with van der Waals surface area (Å²) < 4.78 is 5.46. The lowest BCUT2D eigenvalue weighted by Gasteiger charge is -2.08. The van der Waals surface area contributed by atoms with E-state index < -0.39 is 5.97 Å². The van der Waals surface area contributed by atoms with Crippen LogP contribution in [0, 0.1) is 6.92 Å². The van der Waals surface area contributed by atoms with Crippen LogP contribution in [-0.2, 0) is 0 Å². The number of aryl methyl sites for hydroxylation is 1. The Morgan fingerprint density at radius 1 is 1.39 bits per heavy atom. The van der Waals surface area contributed by atoms with E-state index in [2.05, 4.69) is 4.98 Å². The van der Waals surface area contributed by atoms with Gasteiger partial charge in [-0.3, -0.25) is 0 Å². The topological polar surface area (TPSA) is 59.4 Å². The maximum atomic E-state index is 11.0. The Balaban J connectivity index is 2.34. The molecule has 0 fully saturated rings. The SMILES string of the molecule is Cc1cc(Oc2ncccc2C(=O)O)ccc1Cl. The monoisotopic (exact) mass is 263 g/mol. The van der Waals surface area contributed by atoms with E-state index in [0.29, 0.717) is 10.8 Å². The molecule has 2 rings (SSSR count). The van der Waals surface area contributed by atoms with Gasteiger partial charge in [-0.2, -0.15) is 0 Å². The van der Waals surface area contributed by atoms with Gasteiger partial charge in [-0.25, -0.2) is 9.78 Å². The van der Waals surface area contributed by atoms with E-state index in [4.69, 9.17) is 21.4 Å². The average molecular weight is 264 g/mol. The first-order valence-electron chi connectivity index (χ1n) is 5.20. The van der Waals surface area contributed by atoms with Gasteiger partial charge in [0.05, 0.1) is 0 Å². The second-order valence-corrected chi connectivity index (χ2v) is 4.08. The molecule has 0 amide bonds. The molecular formula is C13H10ClNO3. The number of carboxylic acids is 1. The molecule has 1 aromatic carbocycles. The summed E-state index contributed by atoms with van der Waals surface area (Å²) in [4.78, 5) is 14.9. The van der Waals surface area contributed by atoms with Crippen molar-refractivity contribution in [3.8, 4) is 11.6 Å². The third-order valence-corrected chi connectivity index (χ3v) is 2.77. The van der Waals surface area contributed by atoms with Crippen molar-refractivity contribution in [2.75, 3.05) is 0 Å². The Morgan fingerprint density at radius 2 is 2.17 bits per heavy atom. The van der Waals surface area contributed by atoms with Crippen LogP contribution in [0.3, 0.4) is 0 Å². The van der Waals surface area contributed by atoms with Crippen molar-refractivity contribution in [1.29, 1.82) is 0 Å². The molecule has 1 aromatic heterocycles. The summed E-state index contributed by atoms with van der Waals surface area (Å²) in [6.45, 7) is 1.84. The van der Waals surface area contributed by atoms with Crippen molar-refractivity contribution in [2.24, 2.45) is 0 Å². The highest BCUT2D eigenvalue weighted by Gasteiger charge is 2.12. The second-order valence-electron chi connectivity index (χ2n) is 3.67. The molecule has 0 aliphatic heterocycles. The third kappa shape index (κ3) is 2.60. The minimum absolute atomic E-state index is 0.0186. The van der Waals surface area contributed by atoms with E-state index >= 15 is 0 Å². The molecule has 1 N–H and O–H groups in total. The Kier molecular flexibility index (Phi) is 3.48. The molecular weight excluding hydrogens is 254 g/mol. The zero-order valence-electron chi connectivity index (χ0n) is 9.55. The smallest absolute Gasteiger partial charge is 0.341 e. The highest BCUT2D eigenvalue weighted by atomic mass is 35.5. The van der Waals surface area contributed by atoms with Gasteiger partial charge in [-0.05, 0) is 42.8 Å². The normalized spacial score (nSPS) is 10.1. The first kappa shape index (κ1) is 12.4. The summed E-state index contributed by atoms with van der Waals surface area (Å²) in [5, 5.41) is 9.63. The van der Waals surface area contributed by atoms with Gasteiger partial charge in [0.15, 0.2) is 0 Å². The maximum Gasteiger partial charge on any atom is 0.341 e. The summed E-state index contributed by atoms with van der Waals surface area (Å²) in [5.41, 5.74) is 0.868. The Labute approximate surface area is 109 Å². The molecule has 4 nitrogen and oxygen atoms in total. The summed E-state index contributed by atoms with van der Waals surface area (Å²) in [6.07, 6.45) is 1.48. The molecule has 0 unspecified atom stereocenters. The molecule has 18 heavy (non-hydrogen) atoms. The van der Waals surface area contributed by atoms with Gasteiger partial charge >= 0.3 is 5.97 Å². The van der Waals surface area contributed by atoms with Crippen LogP contribution in [0.5, 0.6) is 11.6 Å². The molecule has 0 radical (unpaired) electrons. The van der Waals surface area contributed by atoms with Crippen LogP contribution < -0.4 is 4.74 Å². The van der Waals surface area contributed by atoms with Crippen LogP contribution in [0.1, 0.15) is 15.9 Å². The third-order valence-electron chi connectivity index (χ3n) is 2.35. The minimum atomic E-state index is -1.08. The summed E-state index contributed by atoms with van der Waals surface area (Å²) in [7, 11) is 0. The Hall–Kier alpha value is -2.07. The quantitative estimate of drug-likeness (QED) is 0.920. The van der Waals surface area contributed by atoms with Crippen LogP contribution in [-0.4, -0.2) is 16.1 Å². The van der Waals surface area contributed by atoms with Crippen molar-refractivity contribution in [3.63, 3.8) is 0 Å². The second kappa shape index (κ2) is 5.06. The standard InChI is InChI=1S/C13H10ClNO3/c1-8-7-9(4-5-11(8)14)18-12-10(13(16)17)3-2-6-15-12/h2-7H,1H3,(H,16,17). The number of pyridine rings is 1. The Morgan fingerprint density at radius 3 is 2.83 bits per heavy atom. The number of nitrogens with zero attached hydrogens (tertiary/aromatic N) is 1. The molecule has 1 heterocycles. The maximum absolute atomic E-state index is 11.0. The zero-order valence-corrected chi connectivity index (χ0v) is 10.3. The van der Waals surface area contributed by atoms with Crippen molar-refractivity contribution in [3.05, 3.63) is 52.7 Å². The molecule has 5 heteroatoms. The van der Waals surface area contributed by atoms with Gasteiger partial charge in [-0.1, -0.05) is 11.6 Å². The number of ether oxygens (including phenoxy) is 1. The van der Waals surface area contributed by atoms with E-state index in [1.807, 2.05) is 6.92 Å². The molecule has 0 saturated carbocycles. The van der Waals surface area contributed by atoms with Gasteiger partial charge in [-0.15, -0.1) is 0 Å². The molecule has 92 valence electrons. The lowest BCUT2D eigenvalue weighted by atomic mass is 10.2. The van der Waals surface area contributed by atoms with E-state index in [1.54, 1.807) is 24.3 Å². The van der Waals surface area contributed by atoms with E-state index in [0.717, 1.165) is 5.56 Å². The summed E-state index contributed by atoms with van der Waals surface area (Å²) in [5.74, 6) is -0.520. The molecule has 0 spiro atoms. The Bertz CT molecular complexity index is 599. The molecule has 0 aliphatic rings. The van der Waals surface area contributed by atoms with Crippen LogP contribution >= 0.6 is 11.6 Å². The van der Waals surface area contributed by atoms with E-state index in [1.165, 1.54) is 12.3 Å². The molecule has 0 bridgehead atoms. The average Bonchev–Trinajstić information content (AvgIpc) is 2.34. The van der Waals surface area contributed by atoms with Gasteiger partial charge in [0, 0.05) is 11.2 Å². The fourth-order valence-electron chi connectivity index (χ4n) is 1.43. The fraction of sp³-hybridized carbons (Fsp3) is 0.0769. The molecule has 0 atom stereocenters. The van der Waals surface area contributed by atoms with Crippen LogP contribution in [0.2, 0.25) is 5.02 Å². The fourth-order valence-corrected chi connectivity index (χ4v) is 1.54. The number of benzene rings is 1. The number of hydrogen-bond donors (Lipinski definition) is 1. The number of hydrogen-bond acceptors (Lipinski definition) is 3. The first-order valence-corrected chi connectivity index (χ1v) is 5.58. The van der Waals surface area contributed by atoms with Crippen LogP contribution in [0.25, 0.3) is 0 Å². The van der Waals surface area contributed by atoms with Gasteiger partial charge < -0.3 is 9.84 Å². The molecule has 0 aliphatic carbocycles. The highest BCUT2D eigenvalue weighted by Crippen LogP contribution is 2.26. The van der Waals surface area contributed by atoms with Gasteiger partial charge in [0.2, 0.25) is 5.88 Å². The van der Waals surface area contributed by atoms with Crippen LogP contribution in [0.15, 0.2) is 36.5 Å². The van der Waals surface area contributed by atoms with Gasteiger partial charge in [0.1, 0.15) is 11.3 Å². The number of aromatic carboxylic acids is 1. The number of carbonyl (C=O) groups is 1. The first-order chi connectivity index (χ1) is 8.58. The highest BCUT2D eigenvalue weighted by molar-refractivity contribution is 6.31. The summed E-state index contributed by atoms with van der Waals surface area (Å²) in [6, 6.07) is 8.06. The lowest BCUT2D eigenvalue weighted by Crippen LogP contribution is -2.01. The minimum Gasteiger partial charge on any atom is -0.477 e. The summed E-state index contributed by atoms with van der Waals surface area (Å²) >= 11 is 5.90. The number of halogens is 1. The van der Waals surface area contributed by atoms with Gasteiger partial charge in [0.25, 0.3) is 0 Å². The van der Waals surface area contributed by atoms with Crippen molar-refractivity contribution in [1.82, 2.24) is 4.98 Å². The number of carboxylic acid groups (broad SMARTS) is 1. The lowest BCUT2D eigenvalue weighted by molar-refractivity contribution is 0.0693. The number of aromatic nitrogens is 1. The number of rotatable bonds is 3. The van der Waals surface area contributed by atoms with E-state index in [9.17, 15) is 4.79 Å².